The lowest BCUT2D eigenvalue weighted by Gasteiger charge is -2.12. The van der Waals surface area contributed by atoms with Crippen molar-refractivity contribution >= 4 is 23.1 Å². The molecule has 92 valence electrons. The molecule has 0 aliphatic rings. The minimum absolute atomic E-state index is 0.0438. The minimum Gasteiger partial charge on any atom is -0.550 e. The number of ketones is 1. The summed E-state index contributed by atoms with van der Waals surface area (Å²) in [7, 11) is 0. The van der Waals surface area contributed by atoms with Crippen LogP contribution in [0.5, 0.6) is 0 Å². The molecule has 0 spiro atoms. The molecule has 3 nitrogen and oxygen atoms in total. The van der Waals surface area contributed by atoms with E-state index in [1.165, 1.54) is 11.3 Å². The first kappa shape index (κ1) is 12.5. The lowest BCUT2D eigenvalue weighted by molar-refractivity contribution is -0.307. The molecule has 0 N–H and O–H groups in total. The van der Waals surface area contributed by atoms with Crippen LogP contribution in [0.25, 0.3) is 0 Å². The number of rotatable bonds is 4. The fraction of sp³-hybridized carbons (Fsp3) is 0.143. The Hall–Kier alpha value is -1.94. The van der Waals surface area contributed by atoms with Gasteiger partial charge in [0, 0.05) is 17.5 Å². The second-order valence-electron chi connectivity index (χ2n) is 3.97. The largest absolute Gasteiger partial charge is 0.550 e. The highest BCUT2D eigenvalue weighted by Crippen LogP contribution is 2.19. The fourth-order valence-electron chi connectivity index (χ4n) is 1.61. The Balaban J connectivity index is 2.23. The van der Waals surface area contributed by atoms with Gasteiger partial charge in [0.05, 0.1) is 4.88 Å². The van der Waals surface area contributed by atoms with E-state index >= 15 is 0 Å². The molecule has 2 rings (SSSR count). The number of hydrogen-bond acceptors (Lipinski definition) is 4. The van der Waals surface area contributed by atoms with Gasteiger partial charge < -0.3 is 9.90 Å². The van der Waals surface area contributed by atoms with Crippen molar-refractivity contribution in [1.29, 1.82) is 0 Å². The van der Waals surface area contributed by atoms with Gasteiger partial charge in [0.2, 0.25) is 5.78 Å². The second-order valence-corrected chi connectivity index (χ2v) is 4.92. The van der Waals surface area contributed by atoms with Gasteiger partial charge in [-0.1, -0.05) is 37.3 Å². The van der Waals surface area contributed by atoms with Crippen molar-refractivity contribution in [1.82, 2.24) is 0 Å². The molecule has 0 saturated heterocycles. The number of thiophene rings is 1. The summed E-state index contributed by atoms with van der Waals surface area (Å²) in [6, 6.07) is 10.2. The summed E-state index contributed by atoms with van der Waals surface area (Å²) < 4.78 is 0. The fourth-order valence-corrected chi connectivity index (χ4v) is 2.30. The Morgan fingerprint density at radius 3 is 2.33 bits per heavy atom. The van der Waals surface area contributed by atoms with E-state index in [4.69, 9.17) is 0 Å². The number of carbonyl (C=O) groups excluding carboxylic acids is 2. The third-order valence-electron chi connectivity index (χ3n) is 2.77. The smallest absolute Gasteiger partial charge is 0.202 e. The van der Waals surface area contributed by atoms with E-state index in [1.54, 1.807) is 37.3 Å². The Kier molecular flexibility index (Phi) is 3.58. The van der Waals surface area contributed by atoms with Crippen LogP contribution < -0.4 is 5.11 Å². The van der Waals surface area contributed by atoms with Crippen LogP contribution in [0.3, 0.4) is 0 Å². The monoisotopic (exact) mass is 259 g/mol. The number of carboxylic acids is 1. The van der Waals surface area contributed by atoms with Crippen molar-refractivity contribution < 1.29 is 14.7 Å². The first-order valence-corrected chi connectivity index (χ1v) is 6.36. The Morgan fingerprint density at radius 2 is 1.83 bits per heavy atom. The Bertz CT molecular complexity index is 555. The topological polar surface area (TPSA) is 57.2 Å². The summed E-state index contributed by atoms with van der Waals surface area (Å²) >= 11 is 1.39. The molecule has 0 amide bonds. The summed E-state index contributed by atoms with van der Waals surface area (Å²) in [5.41, 5.74) is 1.20. The molecule has 1 atom stereocenters. The molecule has 0 bridgehead atoms. The van der Waals surface area contributed by atoms with Gasteiger partial charge in [-0.15, -0.1) is 11.3 Å². The molecule has 0 aliphatic carbocycles. The van der Waals surface area contributed by atoms with Crippen LogP contribution in [-0.4, -0.2) is 11.8 Å². The molecule has 1 aromatic carbocycles. The first-order chi connectivity index (χ1) is 8.59. The van der Waals surface area contributed by atoms with Gasteiger partial charge in [0.25, 0.3) is 0 Å². The van der Waals surface area contributed by atoms with E-state index in [2.05, 4.69) is 0 Å². The van der Waals surface area contributed by atoms with Crippen molar-refractivity contribution in [2.45, 2.75) is 12.8 Å². The maximum atomic E-state index is 12.0. The molecule has 0 radical (unpaired) electrons. The van der Waals surface area contributed by atoms with E-state index in [-0.39, 0.29) is 5.78 Å². The molecule has 0 fully saturated rings. The summed E-state index contributed by atoms with van der Waals surface area (Å²) in [5, 5.41) is 12.6. The van der Waals surface area contributed by atoms with Crippen LogP contribution in [0.2, 0.25) is 0 Å². The van der Waals surface area contributed by atoms with Gasteiger partial charge in [0.15, 0.2) is 0 Å². The number of aliphatic carboxylic acids is 1. The van der Waals surface area contributed by atoms with E-state index in [1.807, 2.05) is 11.4 Å². The highest BCUT2D eigenvalue weighted by molar-refractivity contribution is 7.12. The SMILES string of the molecule is C[C@@H](C(=O)[O-])c1ccc(C(=O)c2cccs2)cc1. The maximum Gasteiger partial charge on any atom is 0.202 e. The Morgan fingerprint density at radius 1 is 1.17 bits per heavy atom. The zero-order chi connectivity index (χ0) is 13.1. The van der Waals surface area contributed by atoms with Crippen molar-refractivity contribution in [3.05, 3.63) is 57.8 Å². The van der Waals surface area contributed by atoms with Crippen molar-refractivity contribution in [3.8, 4) is 0 Å². The maximum absolute atomic E-state index is 12.0. The number of carbonyl (C=O) groups is 2. The predicted molar refractivity (Wildman–Crippen MR) is 67.6 cm³/mol. The van der Waals surface area contributed by atoms with Crippen LogP contribution in [0.1, 0.15) is 33.6 Å². The molecule has 0 unspecified atom stereocenters. The average molecular weight is 259 g/mol. The minimum atomic E-state index is -1.12. The highest BCUT2D eigenvalue weighted by atomic mass is 32.1. The van der Waals surface area contributed by atoms with E-state index in [9.17, 15) is 14.7 Å². The van der Waals surface area contributed by atoms with Crippen LogP contribution in [0.15, 0.2) is 41.8 Å². The van der Waals surface area contributed by atoms with Gasteiger partial charge in [0.1, 0.15) is 0 Å². The van der Waals surface area contributed by atoms with Crippen molar-refractivity contribution in [2.75, 3.05) is 0 Å². The van der Waals surface area contributed by atoms with Gasteiger partial charge in [-0.05, 0) is 17.0 Å². The molecule has 18 heavy (non-hydrogen) atoms. The molecular formula is C14H11O3S-. The standard InChI is InChI=1S/C14H12O3S/c1-9(14(16)17)10-4-6-11(7-5-10)13(15)12-3-2-8-18-12/h2-9H,1H3,(H,16,17)/p-1/t9-/m1/s1. The van der Waals surface area contributed by atoms with Gasteiger partial charge >= 0.3 is 0 Å². The first-order valence-electron chi connectivity index (χ1n) is 5.48. The normalized spacial score (nSPS) is 12.1. The molecule has 0 aliphatic heterocycles. The molecule has 4 heteroatoms. The molecule has 1 heterocycles. The van der Waals surface area contributed by atoms with Crippen LogP contribution in [0.4, 0.5) is 0 Å². The lowest BCUT2D eigenvalue weighted by Crippen LogP contribution is -2.27. The highest BCUT2D eigenvalue weighted by Gasteiger charge is 2.11. The van der Waals surface area contributed by atoms with Crippen molar-refractivity contribution in [2.24, 2.45) is 0 Å². The third kappa shape index (κ3) is 2.49. The summed E-state index contributed by atoms with van der Waals surface area (Å²) in [6.45, 7) is 1.56. The molecule has 2 aromatic rings. The summed E-state index contributed by atoms with van der Waals surface area (Å²) in [6.07, 6.45) is 0. The van der Waals surface area contributed by atoms with Crippen LogP contribution in [-0.2, 0) is 4.79 Å². The average Bonchev–Trinajstić information content (AvgIpc) is 2.91. The number of carboxylic acid groups (broad SMARTS) is 1. The molecule has 0 saturated carbocycles. The molecule has 1 aromatic heterocycles. The zero-order valence-corrected chi connectivity index (χ0v) is 10.6. The van der Waals surface area contributed by atoms with Gasteiger partial charge in [-0.2, -0.15) is 0 Å². The van der Waals surface area contributed by atoms with E-state index < -0.39 is 11.9 Å². The van der Waals surface area contributed by atoms with E-state index in [0.29, 0.717) is 16.0 Å². The summed E-state index contributed by atoms with van der Waals surface area (Å²) in [4.78, 5) is 23.4. The molecular weight excluding hydrogens is 248 g/mol. The van der Waals surface area contributed by atoms with Gasteiger partial charge in [-0.3, -0.25) is 4.79 Å². The lowest BCUT2D eigenvalue weighted by atomic mass is 9.99. The van der Waals surface area contributed by atoms with Crippen LogP contribution in [0, 0.1) is 0 Å². The quantitative estimate of drug-likeness (QED) is 0.787. The Labute approximate surface area is 109 Å². The third-order valence-corrected chi connectivity index (χ3v) is 3.64. The second kappa shape index (κ2) is 5.14. The van der Waals surface area contributed by atoms with Gasteiger partial charge in [-0.25, -0.2) is 0 Å². The zero-order valence-electron chi connectivity index (χ0n) is 9.75. The van der Waals surface area contributed by atoms with E-state index in [0.717, 1.165) is 0 Å². The number of benzene rings is 1. The van der Waals surface area contributed by atoms with Crippen LogP contribution >= 0.6 is 11.3 Å². The van der Waals surface area contributed by atoms with Crippen molar-refractivity contribution in [3.63, 3.8) is 0 Å². The predicted octanol–water partition coefficient (Wildman–Crippen LogP) is 1.83. The summed E-state index contributed by atoms with van der Waals surface area (Å²) in [5.74, 6) is -1.83. The number of hydrogen-bond donors (Lipinski definition) is 0.